The van der Waals surface area contributed by atoms with E-state index in [0.29, 0.717) is 44.1 Å². The molecule has 1 unspecified atom stereocenters. The zero-order valence-electron chi connectivity index (χ0n) is 21.3. The number of imidazole rings is 1. The lowest BCUT2D eigenvalue weighted by molar-refractivity contribution is 0.0985. The molecule has 0 saturated carbocycles. The van der Waals surface area contributed by atoms with Crippen molar-refractivity contribution in [1.29, 1.82) is 0 Å². The number of methoxy groups -OCH3 is 1. The summed E-state index contributed by atoms with van der Waals surface area (Å²) in [6.45, 7) is 5.98. The Morgan fingerprint density at radius 3 is 2.34 bits per heavy atom. The van der Waals surface area contributed by atoms with Gasteiger partial charge in [0.25, 0.3) is 5.91 Å². The molecule has 0 spiro atoms. The van der Waals surface area contributed by atoms with Crippen molar-refractivity contribution in [2.45, 2.75) is 32.9 Å². The van der Waals surface area contributed by atoms with Crippen LogP contribution in [-0.2, 0) is 0 Å². The number of anilines is 1. The number of carbonyl (C=O) groups excluding carboxylic acids is 2. The zero-order chi connectivity index (χ0) is 27.3. The van der Waals surface area contributed by atoms with Crippen molar-refractivity contribution in [2.75, 3.05) is 12.0 Å². The molecule has 1 atom stereocenters. The Kier molecular flexibility index (Phi) is 6.67. The topological polar surface area (TPSA) is 90.5 Å². The SMILES string of the molecule is COc1ccc(C(N)=O)cc1-c1nc2c(n1C(C)C)C(c1ccc(Cl)cc1)N(c1cc(Cl)ccc1C)C2=O. The number of nitrogens with zero attached hydrogens (tertiary/aromatic N) is 3. The molecule has 1 aliphatic rings. The molecule has 0 bridgehead atoms. The molecule has 1 aliphatic heterocycles. The Labute approximate surface area is 230 Å². The molecule has 38 heavy (non-hydrogen) atoms. The summed E-state index contributed by atoms with van der Waals surface area (Å²) in [4.78, 5) is 32.7. The highest BCUT2D eigenvalue weighted by Crippen LogP contribution is 2.46. The summed E-state index contributed by atoms with van der Waals surface area (Å²) in [5, 5.41) is 1.12. The number of hydrogen-bond donors (Lipinski definition) is 1. The highest BCUT2D eigenvalue weighted by Gasteiger charge is 2.45. The van der Waals surface area contributed by atoms with E-state index in [1.54, 1.807) is 54.5 Å². The van der Waals surface area contributed by atoms with Gasteiger partial charge in [0.1, 0.15) is 17.6 Å². The fourth-order valence-electron chi connectivity index (χ4n) is 5.01. The second-order valence-electron chi connectivity index (χ2n) is 9.47. The molecule has 5 rings (SSSR count). The molecule has 4 aromatic rings. The smallest absolute Gasteiger partial charge is 0.279 e. The number of benzene rings is 3. The van der Waals surface area contributed by atoms with Crippen LogP contribution in [-0.4, -0.2) is 28.5 Å². The minimum atomic E-state index is -0.568. The van der Waals surface area contributed by atoms with E-state index in [9.17, 15) is 9.59 Å². The summed E-state index contributed by atoms with van der Waals surface area (Å²) in [6, 6.07) is 17.3. The summed E-state index contributed by atoms with van der Waals surface area (Å²) in [5.74, 6) is 0.205. The van der Waals surface area contributed by atoms with Crippen molar-refractivity contribution < 1.29 is 14.3 Å². The van der Waals surface area contributed by atoms with Crippen molar-refractivity contribution in [3.05, 3.63) is 98.8 Å². The summed E-state index contributed by atoms with van der Waals surface area (Å²) in [5.41, 5.74) is 9.98. The Bertz CT molecular complexity index is 1580. The van der Waals surface area contributed by atoms with Gasteiger partial charge in [-0.1, -0.05) is 41.4 Å². The first-order valence-electron chi connectivity index (χ1n) is 12.1. The first-order valence-corrected chi connectivity index (χ1v) is 12.8. The molecular weight excluding hydrogens is 523 g/mol. The monoisotopic (exact) mass is 548 g/mol. The average Bonchev–Trinajstić information content (AvgIpc) is 3.41. The number of amides is 2. The maximum atomic E-state index is 14.1. The van der Waals surface area contributed by atoms with Crippen LogP contribution in [0, 0.1) is 6.92 Å². The summed E-state index contributed by atoms with van der Waals surface area (Å²) < 4.78 is 7.63. The maximum absolute atomic E-state index is 14.1. The standard InChI is InChI=1S/C29H26Cl2N4O3/c1-15(2)34-26-24(33-28(34)21-13-18(27(32)36)8-12-23(21)38-4)29(37)35(22-14-20(31)9-5-16(22)3)25(26)17-6-10-19(30)11-7-17/h5-15,25H,1-4H3,(H2,32,36). The number of ether oxygens (including phenoxy) is 1. The molecule has 2 heterocycles. The van der Waals surface area contributed by atoms with Gasteiger partial charge in [-0.25, -0.2) is 4.98 Å². The normalized spacial score (nSPS) is 14.8. The summed E-state index contributed by atoms with van der Waals surface area (Å²) in [7, 11) is 1.55. The third-order valence-corrected chi connectivity index (χ3v) is 7.23. The van der Waals surface area contributed by atoms with Crippen LogP contribution >= 0.6 is 23.2 Å². The van der Waals surface area contributed by atoms with E-state index in [1.165, 1.54) is 0 Å². The highest BCUT2D eigenvalue weighted by atomic mass is 35.5. The fraction of sp³-hybridized carbons (Fsp3) is 0.207. The molecule has 9 heteroatoms. The predicted molar refractivity (Wildman–Crippen MR) is 149 cm³/mol. The predicted octanol–water partition coefficient (Wildman–Crippen LogP) is 6.60. The van der Waals surface area contributed by atoms with E-state index in [4.69, 9.17) is 38.7 Å². The number of nitrogens with two attached hydrogens (primary N) is 1. The van der Waals surface area contributed by atoms with E-state index >= 15 is 0 Å². The number of aromatic nitrogens is 2. The van der Waals surface area contributed by atoms with Crippen LogP contribution in [0.1, 0.15) is 63.6 Å². The quantitative estimate of drug-likeness (QED) is 0.293. The van der Waals surface area contributed by atoms with Crippen LogP contribution in [0.3, 0.4) is 0 Å². The maximum Gasteiger partial charge on any atom is 0.279 e. The number of hydrogen-bond acceptors (Lipinski definition) is 4. The summed E-state index contributed by atoms with van der Waals surface area (Å²) in [6.07, 6.45) is 0. The van der Waals surface area contributed by atoms with Crippen LogP contribution in [0.5, 0.6) is 5.75 Å². The molecule has 2 amide bonds. The molecule has 2 N–H and O–H groups in total. The van der Waals surface area contributed by atoms with Gasteiger partial charge in [-0.15, -0.1) is 0 Å². The van der Waals surface area contributed by atoms with E-state index in [-0.39, 0.29) is 11.9 Å². The van der Waals surface area contributed by atoms with Crippen molar-refractivity contribution in [3.63, 3.8) is 0 Å². The number of rotatable bonds is 6. The number of fused-ring (bicyclic) bond motifs is 1. The van der Waals surface area contributed by atoms with Gasteiger partial charge in [0.05, 0.1) is 18.4 Å². The van der Waals surface area contributed by atoms with E-state index in [2.05, 4.69) is 0 Å². The van der Waals surface area contributed by atoms with Crippen LogP contribution < -0.4 is 15.4 Å². The van der Waals surface area contributed by atoms with Gasteiger partial charge in [-0.3, -0.25) is 14.5 Å². The van der Waals surface area contributed by atoms with E-state index in [0.717, 1.165) is 16.8 Å². The van der Waals surface area contributed by atoms with Gasteiger partial charge in [0.2, 0.25) is 5.91 Å². The van der Waals surface area contributed by atoms with Crippen LogP contribution in [0.4, 0.5) is 5.69 Å². The summed E-state index contributed by atoms with van der Waals surface area (Å²) >= 11 is 12.6. The zero-order valence-corrected chi connectivity index (χ0v) is 22.8. The number of carbonyl (C=O) groups is 2. The molecule has 0 radical (unpaired) electrons. The molecule has 1 aromatic heterocycles. The first-order chi connectivity index (χ1) is 18.1. The third-order valence-electron chi connectivity index (χ3n) is 6.74. The van der Waals surface area contributed by atoms with Gasteiger partial charge in [0.15, 0.2) is 5.69 Å². The van der Waals surface area contributed by atoms with E-state index < -0.39 is 11.9 Å². The molecule has 3 aromatic carbocycles. The van der Waals surface area contributed by atoms with Crippen molar-refractivity contribution in [1.82, 2.24) is 9.55 Å². The Morgan fingerprint density at radius 1 is 1.03 bits per heavy atom. The molecule has 0 fully saturated rings. The van der Waals surface area contributed by atoms with Gasteiger partial charge in [0, 0.05) is 27.3 Å². The number of aryl methyl sites for hydroxylation is 1. The molecular formula is C29H26Cl2N4O3. The Balaban J connectivity index is 1.81. The second-order valence-corrected chi connectivity index (χ2v) is 10.3. The van der Waals surface area contributed by atoms with Crippen molar-refractivity contribution >= 4 is 40.7 Å². The molecule has 0 aliphatic carbocycles. The van der Waals surface area contributed by atoms with Gasteiger partial charge in [-0.05, 0) is 74.4 Å². The van der Waals surface area contributed by atoms with Crippen LogP contribution in [0.15, 0.2) is 60.7 Å². The molecule has 0 saturated heterocycles. The number of halogens is 2. The second kappa shape index (κ2) is 9.82. The average molecular weight is 549 g/mol. The largest absolute Gasteiger partial charge is 0.496 e. The molecule has 7 nitrogen and oxygen atoms in total. The fourth-order valence-corrected chi connectivity index (χ4v) is 5.30. The van der Waals surface area contributed by atoms with Gasteiger partial charge in [-0.2, -0.15) is 0 Å². The Hall–Kier alpha value is -3.81. The minimum absolute atomic E-state index is 0.0915. The third kappa shape index (κ3) is 4.22. The number of primary amides is 1. The van der Waals surface area contributed by atoms with Gasteiger partial charge >= 0.3 is 0 Å². The van der Waals surface area contributed by atoms with Crippen molar-refractivity contribution in [2.24, 2.45) is 5.73 Å². The lowest BCUT2D eigenvalue weighted by atomic mass is 10.0. The first kappa shape index (κ1) is 25.8. The lowest BCUT2D eigenvalue weighted by Gasteiger charge is -2.29. The van der Waals surface area contributed by atoms with Crippen LogP contribution in [0.25, 0.3) is 11.4 Å². The lowest BCUT2D eigenvalue weighted by Crippen LogP contribution is -2.31. The Morgan fingerprint density at radius 2 is 1.71 bits per heavy atom. The van der Waals surface area contributed by atoms with Crippen LogP contribution in [0.2, 0.25) is 10.0 Å². The highest BCUT2D eigenvalue weighted by molar-refractivity contribution is 6.31. The van der Waals surface area contributed by atoms with Gasteiger partial charge < -0.3 is 15.0 Å². The van der Waals surface area contributed by atoms with Crippen molar-refractivity contribution in [3.8, 4) is 17.1 Å². The molecule has 194 valence electrons. The van der Waals surface area contributed by atoms with E-state index in [1.807, 2.05) is 43.5 Å². The minimum Gasteiger partial charge on any atom is -0.496 e.